The number of esters is 7. The predicted octanol–water partition coefficient (Wildman–Crippen LogP) is 26.3. The molecule has 4 aromatic rings. The van der Waals surface area contributed by atoms with E-state index >= 15 is 0 Å². The first-order valence-corrected chi connectivity index (χ1v) is 42.4. The van der Waals surface area contributed by atoms with Gasteiger partial charge in [-0.3, -0.25) is 4.79 Å². The quantitative estimate of drug-likeness (QED) is 0.0272. The molecule has 0 radical (unpaired) electrons. The molecule has 0 bridgehead atoms. The number of benzene rings is 4. The van der Waals surface area contributed by atoms with E-state index < -0.39 is 41.5 Å². The maximum absolute atomic E-state index is 11.3. The van der Waals surface area contributed by atoms with Gasteiger partial charge in [0.1, 0.15) is 38.8 Å². The van der Waals surface area contributed by atoms with Gasteiger partial charge in [-0.2, -0.15) is 0 Å². The monoisotopic (exact) mass is 1660 g/mol. The third-order valence-corrected chi connectivity index (χ3v) is 13.0. The van der Waals surface area contributed by atoms with E-state index in [0.29, 0.717) is 54.8 Å². The first kappa shape index (κ1) is 135. The molecule has 2 unspecified atom stereocenters. The highest BCUT2D eigenvalue weighted by Gasteiger charge is 2.34. The zero-order valence-corrected chi connectivity index (χ0v) is 80.9. The number of aromatic hydroxyl groups is 1. The van der Waals surface area contributed by atoms with Crippen LogP contribution >= 0.6 is 0 Å². The molecule has 0 spiro atoms. The van der Waals surface area contributed by atoms with Gasteiger partial charge in [0.25, 0.3) is 0 Å². The third-order valence-electron chi connectivity index (χ3n) is 13.0. The lowest BCUT2D eigenvalue weighted by molar-refractivity contribution is -0.158. The number of hydrogen-bond acceptors (Lipinski definition) is 17. The number of phenolic OH excluding ortho intramolecular Hbond substituents is 1. The Hall–Kier alpha value is -8.67. The van der Waals surface area contributed by atoms with Gasteiger partial charge >= 0.3 is 41.8 Å². The molecule has 0 heterocycles. The highest BCUT2D eigenvalue weighted by Crippen LogP contribution is 2.25. The zero-order chi connectivity index (χ0) is 94.5. The second kappa shape index (κ2) is 101. The van der Waals surface area contributed by atoms with E-state index in [1.165, 1.54) is 78.3 Å². The molecule has 0 aliphatic rings. The van der Waals surface area contributed by atoms with Gasteiger partial charge in [-0.1, -0.05) is 375 Å². The molecule has 3 N–H and O–H groups in total. The molecule has 0 saturated heterocycles. The van der Waals surface area contributed by atoms with Gasteiger partial charge < -0.3 is 48.5 Å². The summed E-state index contributed by atoms with van der Waals surface area (Å²) in [6, 6.07) is 34.3. The number of carbonyl (C=O) groups is 7. The SMILES string of the molecule is C=C(C)C(=O)OCC(O)CC.C=C(C)C(=O)OCCC.C=CC(=O)OCC(CC)(COC(=O)C=C)COC(=O)CC.C=CC(=O)OCC(O)CC.C=CC(=O)OCCC.CC.CC(C)(C)C.CC(C)C.CCC.CCC(C)C.CCCC.CCCCC.Cc1ccc(C)cc1.Cc1ccc(O)cc1.Cc1cccc(C)c1.Cc1ccccc1. The minimum absolute atomic E-state index is 0.00891. The summed E-state index contributed by atoms with van der Waals surface area (Å²) in [5.41, 5.74) is 8.35. The Morgan fingerprint density at radius 2 is 0.695 bits per heavy atom. The number of unbranched alkanes of at least 4 members (excludes halogenated alkanes) is 3. The maximum atomic E-state index is 11.3. The summed E-state index contributed by atoms with van der Waals surface area (Å²) in [7, 11) is 0. The summed E-state index contributed by atoms with van der Waals surface area (Å²) in [6.45, 7) is 86.5. The molecular formula is C101H176O17. The van der Waals surface area contributed by atoms with Crippen LogP contribution in [0.5, 0.6) is 5.75 Å². The molecule has 17 heteroatoms. The number of aliphatic hydroxyl groups is 2. The van der Waals surface area contributed by atoms with Crippen molar-refractivity contribution in [3.8, 4) is 5.75 Å². The topological polar surface area (TPSA) is 245 Å². The van der Waals surface area contributed by atoms with Crippen LogP contribution < -0.4 is 0 Å². The van der Waals surface area contributed by atoms with Crippen LogP contribution in [0.15, 0.2) is 178 Å². The Morgan fingerprint density at radius 1 is 0.407 bits per heavy atom. The molecule has 0 aliphatic carbocycles. The predicted molar refractivity (Wildman–Crippen MR) is 503 cm³/mol. The molecule has 0 aliphatic heterocycles. The van der Waals surface area contributed by atoms with Crippen molar-refractivity contribution in [2.45, 2.75) is 317 Å². The normalized spacial score (nSPS) is 9.66. The molecule has 0 amide bonds. The van der Waals surface area contributed by atoms with E-state index in [-0.39, 0.29) is 57.4 Å². The van der Waals surface area contributed by atoms with Crippen LogP contribution in [0.25, 0.3) is 0 Å². The number of hydrogen-bond donors (Lipinski definition) is 3. The number of ether oxygens (including phenoxy) is 7. The van der Waals surface area contributed by atoms with Crippen molar-refractivity contribution in [2.75, 3.05) is 46.2 Å². The van der Waals surface area contributed by atoms with Crippen LogP contribution in [0, 0.1) is 64.2 Å². The summed E-state index contributed by atoms with van der Waals surface area (Å²) in [5, 5.41) is 26.6. The van der Waals surface area contributed by atoms with Crippen LogP contribution in [0.2, 0.25) is 0 Å². The first-order chi connectivity index (χ1) is 55.2. The molecular weight excluding hydrogens is 1490 g/mol. The lowest BCUT2D eigenvalue weighted by Crippen LogP contribution is -2.38. The number of aryl methyl sites for hydroxylation is 6. The minimum Gasteiger partial charge on any atom is -0.508 e. The van der Waals surface area contributed by atoms with E-state index in [2.05, 4.69) is 260 Å². The molecule has 682 valence electrons. The summed E-state index contributed by atoms with van der Waals surface area (Å²) in [4.78, 5) is 75.6. The highest BCUT2D eigenvalue weighted by molar-refractivity contribution is 5.87. The lowest BCUT2D eigenvalue weighted by atomic mass is 9.88. The molecule has 0 aromatic heterocycles. The number of rotatable bonds is 28. The Balaban J connectivity index is -0.000000105. The molecule has 0 saturated carbocycles. The zero-order valence-electron chi connectivity index (χ0n) is 80.9. The minimum atomic E-state index is -0.790. The van der Waals surface area contributed by atoms with E-state index in [4.69, 9.17) is 34.3 Å². The Bertz CT molecular complexity index is 2840. The first-order valence-electron chi connectivity index (χ1n) is 42.4. The van der Waals surface area contributed by atoms with Crippen molar-refractivity contribution in [1.82, 2.24) is 0 Å². The van der Waals surface area contributed by atoms with Gasteiger partial charge in [-0.15, -0.1) is 0 Å². The van der Waals surface area contributed by atoms with Gasteiger partial charge in [0.2, 0.25) is 0 Å². The van der Waals surface area contributed by atoms with Crippen molar-refractivity contribution in [3.05, 3.63) is 211 Å². The molecule has 0 fully saturated rings. The van der Waals surface area contributed by atoms with Gasteiger partial charge in [0.05, 0.1) is 30.8 Å². The number of phenols is 1. The Labute approximate surface area is 723 Å². The molecule has 4 aromatic carbocycles. The number of carbonyl (C=O) groups excluding carboxylic acids is 7. The van der Waals surface area contributed by atoms with Crippen LogP contribution in [0.1, 0.15) is 297 Å². The summed E-state index contributed by atoms with van der Waals surface area (Å²) in [6.07, 6.45) is 16.1. The summed E-state index contributed by atoms with van der Waals surface area (Å²) < 4.78 is 33.6. The van der Waals surface area contributed by atoms with E-state index in [0.717, 1.165) is 49.0 Å². The van der Waals surface area contributed by atoms with Gasteiger partial charge in [-0.25, -0.2) is 28.8 Å². The fraction of sp³-hybridized carbons (Fsp3) is 0.574. The van der Waals surface area contributed by atoms with Gasteiger partial charge in [0, 0.05) is 41.9 Å². The summed E-state index contributed by atoms with van der Waals surface area (Å²) in [5.74, 6) is -1.09. The van der Waals surface area contributed by atoms with E-state index in [1.54, 1.807) is 32.9 Å². The van der Waals surface area contributed by atoms with E-state index in [9.17, 15) is 33.6 Å². The second-order valence-electron chi connectivity index (χ2n) is 29.5. The number of aliphatic hydroxyl groups excluding tert-OH is 2. The maximum Gasteiger partial charge on any atom is 0.333 e. The van der Waals surface area contributed by atoms with Crippen molar-refractivity contribution in [2.24, 2.45) is 22.7 Å². The van der Waals surface area contributed by atoms with Gasteiger partial charge in [-0.05, 0) is 117 Å². The van der Waals surface area contributed by atoms with Crippen molar-refractivity contribution >= 4 is 41.8 Å². The van der Waals surface area contributed by atoms with Crippen LogP contribution in [-0.4, -0.2) is 116 Å². The smallest absolute Gasteiger partial charge is 0.333 e. The largest absolute Gasteiger partial charge is 0.508 e. The molecule has 118 heavy (non-hydrogen) atoms. The fourth-order valence-electron chi connectivity index (χ4n) is 5.56. The highest BCUT2D eigenvalue weighted by atomic mass is 16.6. The van der Waals surface area contributed by atoms with Crippen LogP contribution in [0.3, 0.4) is 0 Å². The van der Waals surface area contributed by atoms with Crippen molar-refractivity contribution in [3.63, 3.8) is 0 Å². The average Bonchev–Trinajstić information content (AvgIpc) is 0.868. The van der Waals surface area contributed by atoms with Crippen molar-refractivity contribution < 1.29 is 82.0 Å². The lowest BCUT2D eigenvalue weighted by Gasteiger charge is -2.30. The average molecular weight is 1660 g/mol. The fourth-order valence-corrected chi connectivity index (χ4v) is 5.56. The van der Waals surface area contributed by atoms with Crippen LogP contribution in [0.4, 0.5) is 0 Å². The Morgan fingerprint density at radius 3 is 0.932 bits per heavy atom. The van der Waals surface area contributed by atoms with Crippen molar-refractivity contribution in [1.29, 1.82) is 0 Å². The second-order valence-corrected chi connectivity index (χ2v) is 29.5. The standard InChI is InChI=1S/C15H22O6.C8H14O3.2C8H10.C7H12O3.C7H12O2.C7H8O.C7H8.C6H10O2.3C5H12.2C4H10.C3H8.C2H6/c1-5-12(16)19-9-15(8-4,10-20-13(17)6-2)11-21-14(18)7-3;1-4-7(9)5-11-8(10)6(2)3;1-7-3-5-8(2)6-4-7;1-7-4-3-5-8(2)6-7;1-3-6(8)5-10-7(9)4-2;1-4-5-9-7(8)6(2)3;1-6-2-4-7(8)5-3-6;1-7-5-3-2-4-6-7;1-3-5-8-6(7)4-2;1-5(2,3)4;1-4-5(2)3;1-3-5-4-2;1-4(2)3;1-3-4-2;1-3-2;1-2/h5-6H,1-2,7-11H2,3-4H3;7,9H,2,4-5H2,1,3H3;2*3-6H,1-2H3;4,6,8H,2-3,5H2,1H3;2,4-5H2,1,3H3;2-5,8H,1H3;2-6H,1H3;4H,2-3,5H2,1H3;1-4H3;5H,4H2,1-3H3;3-5H2,1-2H3;4H,1-3H3;3-4H2,1-2H3;3H2,1-2H3;1-2H3. The van der Waals surface area contributed by atoms with E-state index in [1.807, 2.05) is 85.7 Å². The van der Waals surface area contributed by atoms with Gasteiger partial charge in [0.15, 0.2) is 0 Å². The molecule has 17 nitrogen and oxygen atoms in total. The summed E-state index contributed by atoms with van der Waals surface area (Å²) >= 11 is 0. The molecule has 4 rings (SSSR count). The van der Waals surface area contributed by atoms with Crippen LogP contribution in [-0.2, 0) is 66.7 Å². The third kappa shape index (κ3) is 134. The molecule has 2 atom stereocenters. The Kier molecular flexibility index (Phi) is 116.